The summed E-state index contributed by atoms with van der Waals surface area (Å²) in [5.41, 5.74) is 11.8. The molecule has 0 radical (unpaired) electrons. The van der Waals surface area contributed by atoms with E-state index in [1.54, 1.807) is 6.26 Å². The molecule has 2 heterocycles. The number of benzene rings is 7. The zero-order chi connectivity index (χ0) is 36.8. The van der Waals surface area contributed by atoms with E-state index in [0.29, 0.717) is 0 Å². The van der Waals surface area contributed by atoms with E-state index in [9.17, 15) is 0 Å². The van der Waals surface area contributed by atoms with Gasteiger partial charge in [0.2, 0.25) is 0 Å². The molecule has 1 nitrogen and oxygen atoms in total. The number of thiophene rings is 1. The molecule has 0 saturated carbocycles. The number of fused-ring (bicyclic) bond motifs is 4. The summed E-state index contributed by atoms with van der Waals surface area (Å²) in [5.74, 6) is 0.874. The molecule has 258 valence electrons. The molecule has 0 aliphatic heterocycles. The Morgan fingerprint density at radius 1 is 0.611 bits per heavy atom. The lowest BCUT2D eigenvalue weighted by molar-refractivity contribution is 0.583. The highest BCUT2D eigenvalue weighted by molar-refractivity contribution is 7.20. The lowest BCUT2D eigenvalue weighted by Gasteiger charge is -2.21. The summed E-state index contributed by atoms with van der Waals surface area (Å²) in [7, 11) is 0. The Hall–Kier alpha value is -6.48. The molecule has 0 fully saturated rings. The summed E-state index contributed by atoms with van der Waals surface area (Å²) in [6.45, 7) is 13.3. The molecule has 0 aliphatic carbocycles. The van der Waals surface area contributed by atoms with Gasteiger partial charge >= 0.3 is 0 Å². The maximum atomic E-state index is 6.05. The van der Waals surface area contributed by atoms with Crippen LogP contribution in [0.2, 0.25) is 0 Å². The molecule has 2 heteroatoms. The Balaban J connectivity index is 1.34. The van der Waals surface area contributed by atoms with E-state index in [1.807, 2.05) is 29.6 Å². The van der Waals surface area contributed by atoms with Gasteiger partial charge in [-0.05, 0) is 109 Å². The fourth-order valence-corrected chi connectivity index (χ4v) is 9.61. The Morgan fingerprint density at radius 2 is 1.22 bits per heavy atom. The van der Waals surface area contributed by atoms with Crippen LogP contribution in [0.5, 0.6) is 0 Å². The highest BCUT2D eigenvalue weighted by Gasteiger charge is 2.25. The molecule has 0 N–H and O–H groups in total. The molecule has 7 aromatic carbocycles. The molecule has 0 spiro atoms. The molecule has 0 atom stereocenters. The van der Waals surface area contributed by atoms with Crippen LogP contribution in [0, 0.1) is 6.92 Å². The molecule has 0 aliphatic rings. The summed E-state index contributed by atoms with van der Waals surface area (Å²) in [5, 5.41) is 8.39. The summed E-state index contributed by atoms with van der Waals surface area (Å²) in [4.78, 5) is 1.18. The summed E-state index contributed by atoms with van der Waals surface area (Å²) in [6.07, 6.45) is 12.3. The SMILES string of the molecule is C=C/C=C\c1c(C)c(C(=C)c2sc3cccc(-c4c5ccccc5c(-c5ccco5)c5ccccc45)c3c2/C=C\C)c2ccccc2c1-c1ccccc1. The second kappa shape index (κ2) is 13.8. The number of furan rings is 1. The van der Waals surface area contributed by atoms with Crippen molar-refractivity contribution in [2.75, 3.05) is 0 Å². The molecule has 9 aromatic rings. The minimum absolute atomic E-state index is 0.874. The van der Waals surface area contributed by atoms with Crippen LogP contribution in [0.15, 0.2) is 176 Å². The average molecular weight is 711 g/mol. The molecule has 2 aromatic heterocycles. The summed E-state index contributed by atoms with van der Waals surface area (Å²) < 4.78 is 7.28. The summed E-state index contributed by atoms with van der Waals surface area (Å²) in [6, 6.07) is 47.8. The van der Waals surface area contributed by atoms with E-state index in [1.165, 1.54) is 91.8 Å². The molecule has 0 bridgehead atoms. The Morgan fingerprint density at radius 3 is 1.83 bits per heavy atom. The lowest BCUT2D eigenvalue weighted by Crippen LogP contribution is -1.99. The number of allylic oxidation sites excluding steroid dienone is 3. The zero-order valence-electron chi connectivity index (χ0n) is 30.4. The van der Waals surface area contributed by atoms with Gasteiger partial charge in [-0.3, -0.25) is 0 Å². The van der Waals surface area contributed by atoms with E-state index in [4.69, 9.17) is 11.0 Å². The van der Waals surface area contributed by atoms with Gasteiger partial charge in [-0.2, -0.15) is 0 Å². The molecule has 54 heavy (non-hydrogen) atoms. The van der Waals surface area contributed by atoms with Gasteiger partial charge in [0, 0.05) is 26.1 Å². The van der Waals surface area contributed by atoms with Gasteiger partial charge < -0.3 is 4.42 Å². The van der Waals surface area contributed by atoms with Crippen molar-refractivity contribution in [2.24, 2.45) is 0 Å². The topological polar surface area (TPSA) is 13.1 Å². The predicted octanol–water partition coefficient (Wildman–Crippen LogP) is 15.6. The molecule has 0 unspecified atom stereocenters. The van der Waals surface area contributed by atoms with Crippen molar-refractivity contribution in [3.8, 4) is 33.6 Å². The smallest absolute Gasteiger partial charge is 0.135 e. The van der Waals surface area contributed by atoms with Gasteiger partial charge in [-0.15, -0.1) is 11.3 Å². The van der Waals surface area contributed by atoms with Gasteiger partial charge in [0.15, 0.2) is 0 Å². The fourth-order valence-electron chi connectivity index (χ4n) is 8.41. The van der Waals surface area contributed by atoms with Crippen LogP contribution in [-0.2, 0) is 0 Å². The van der Waals surface area contributed by atoms with Crippen LogP contribution in [0.1, 0.15) is 34.1 Å². The standard InChI is InChI=1S/C52H38OS/c1-5-7-22-36-33(3)47(37-23-11-12-24-38(37)48(36)35-20-9-8-10-21-35)34(4)52-44(19-6-2)51-43(29-17-31-46(51)54-52)49-39-25-13-15-27-41(39)50(45-30-18-32-53-45)42-28-16-14-26-40(42)49/h5-32H,1,4H2,2-3H3/b19-6-,22-7-. The first kappa shape index (κ1) is 33.4. The van der Waals surface area contributed by atoms with Crippen molar-refractivity contribution in [3.05, 3.63) is 198 Å². The largest absolute Gasteiger partial charge is 0.464 e. The van der Waals surface area contributed by atoms with Crippen LogP contribution >= 0.6 is 11.3 Å². The van der Waals surface area contributed by atoms with E-state index in [0.717, 1.165) is 16.9 Å². The van der Waals surface area contributed by atoms with Crippen molar-refractivity contribution in [1.29, 1.82) is 0 Å². The van der Waals surface area contributed by atoms with Gasteiger partial charge in [0.05, 0.1) is 6.26 Å². The van der Waals surface area contributed by atoms with Gasteiger partial charge in [-0.1, -0.05) is 159 Å². The molecular formula is C52H38OS. The molecule has 0 saturated heterocycles. The van der Waals surface area contributed by atoms with Crippen LogP contribution in [0.3, 0.4) is 0 Å². The highest BCUT2D eigenvalue weighted by Crippen LogP contribution is 2.50. The Bertz CT molecular complexity index is 2910. The third-order valence-corrected chi connectivity index (χ3v) is 11.8. The number of hydrogen-bond acceptors (Lipinski definition) is 2. The van der Waals surface area contributed by atoms with E-state index in [2.05, 4.69) is 166 Å². The van der Waals surface area contributed by atoms with E-state index >= 15 is 0 Å². The van der Waals surface area contributed by atoms with Crippen LogP contribution in [0.25, 0.3) is 93.7 Å². The first-order valence-electron chi connectivity index (χ1n) is 18.4. The van der Waals surface area contributed by atoms with Crippen LogP contribution < -0.4 is 0 Å². The summed E-state index contributed by atoms with van der Waals surface area (Å²) >= 11 is 1.83. The Kier molecular flexibility index (Phi) is 8.54. The first-order chi connectivity index (χ1) is 26.6. The number of hydrogen-bond donors (Lipinski definition) is 0. The second-order valence-corrected chi connectivity index (χ2v) is 14.7. The van der Waals surface area contributed by atoms with Crippen molar-refractivity contribution < 1.29 is 4.42 Å². The normalized spacial score (nSPS) is 11.9. The Labute approximate surface area is 320 Å². The maximum absolute atomic E-state index is 6.05. The van der Waals surface area contributed by atoms with Gasteiger partial charge in [0.25, 0.3) is 0 Å². The first-order valence-corrected chi connectivity index (χ1v) is 19.2. The number of rotatable bonds is 8. The monoisotopic (exact) mass is 710 g/mol. The third-order valence-electron chi connectivity index (χ3n) is 10.6. The van der Waals surface area contributed by atoms with Crippen LogP contribution in [-0.4, -0.2) is 0 Å². The maximum Gasteiger partial charge on any atom is 0.135 e. The predicted molar refractivity (Wildman–Crippen MR) is 236 cm³/mol. The quantitative estimate of drug-likeness (QED) is 0.113. The minimum Gasteiger partial charge on any atom is -0.464 e. The van der Waals surface area contributed by atoms with E-state index < -0.39 is 0 Å². The average Bonchev–Trinajstić information content (AvgIpc) is 3.88. The van der Waals surface area contributed by atoms with Crippen molar-refractivity contribution in [2.45, 2.75) is 13.8 Å². The van der Waals surface area contributed by atoms with E-state index in [-0.39, 0.29) is 0 Å². The third kappa shape index (κ3) is 5.30. The zero-order valence-corrected chi connectivity index (χ0v) is 31.2. The lowest BCUT2D eigenvalue weighted by atomic mass is 9.83. The van der Waals surface area contributed by atoms with Crippen molar-refractivity contribution in [1.82, 2.24) is 0 Å². The second-order valence-electron chi connectivity index (χ2n) is 13.6. The molecule has 0 amide bonds. The fraction of sp³-hybridized carbons (Fsp3) is 0.0385. The van der Waals surface area contributed by atoms with Crippen molar-refractivity contribution >= 4 is 71.5 Å². The molecule has 9 rings (SSSR count). The van der Waals surface area contributed by atoms with Crippen molar-refractivity contribution in [3.63, 3.8) is 0 Å². The van der Waals surface area contributed by atoms with Gasteiger partial charge in [0.1, 0.15) is 5.76 Å². The van der Waals surface area contributed by atoms with Gasteiger partial charge in [-0.25, -0.2) is 0 Å². The highest BCUT2D eigenvalue weighted by atomic mass is 32.1. The molecular weight excluding hydrogens is 673 g/mol. The van der Waals surface area contributed by atoms with Crippen LogP contribution in [0.4, 0.5) is 0 Å². The minimum atomic E-state index is 0.874.